The molecule has 0 unspecified atom stereocenters. The lowest BCUT2D eigenvalue weighted by Gasteiger charge is -2.51. The molecule has 4 N–H and O–H groups in total. The van der Waals surface area contributed by atoms with E-state index in [4.69, 9.17) is 0 Å². The summed E-state index contributed by atoms with van der Waals surface area (Å²) in [6, 6.07) is 73.7. The number of rotatable bonds is 6. The van der Waals surface area contributed by atoms with Crippen LogP contribution in [-0.2, 0) is 10.8 Å². The predicted octanol–water partition coefficient (Wildman–Crippen LogP) is 9.73. The standard InChI is InChI=1S/C58H38B2O4/c61-59(62)41-28-36-16-14-26-44-46-32-52-53(33-47(46)49(29-41)56(36)44)57(37-17-5-1-6-18-37,38-19-7-2-8-20-38)51-31-45-43-25-13-15-35-27-42(60(63)64)30-50(55(35)43)48(45)34-54(51)58(52,39-21-9-3-10-22-39)40-23-11-4-12-24-40/h1-34,61-64H. The van der Waals surface area contributed by atoms with Crippen LogP contribution >= 0.6 is 0 Å². The van der Waals surface area contributed by atoms with Crippen LogP contribution in [0.4, 0.5) is 0 Å². The summed E-state index contributed by atoms with van der Waals surface area (Å²) in [7, 11) is -3.25. The Bertz CT molecular complexity index is 3240. The highest BCUT2D eigenvalue weighted by atomic mass is 16.4. The summed E-state index contributed by atoms with van der Waals surface area (Å²) >= 11 is 0. The third kappa shape index (κ3) is 4.83. The van der Waals surface area contributed by atoms with Crippen LogP contribution in [0.1, 0.15) is 44.5 Å². The van der Waals surface area contributed by atoms with Crippen LogP contribution in [0.3, 0.4) is 0 Å². The van der Waals surface area contributed by atoms with E-state index in [9.17, 15) is 20.1 Å². The fourth-order valence-corrected chi connectivity index (χ4v) is 12.0. The van der Waals surface area contributed by atoms with E-state index >= 15 is 0 Å². The van der Waals surface area contributed by atoms with Gasteiger partial charge < -0.3 is 20.1 Å². The van der Waals surface area contributed by atoms with E-state index in [0.717, 1.165) is 111 Å². The minimum atomic E-state index is -1.62. The molecule has 0 aromatic heterocycles. The maximum absolute atomic E-state index is 10.6. The maximum Gasteiger partial charge on any atom is 0.488 e. The first-order valence-corrected chi connectivity index (χ1v) is 21.9. The maximum atomic E-state index is 10.6. The molecule has 0 radical (unpaired) electrons. The summed E-state index contributed by atoms with van der Waals surface area (Å²) < 4.78 is 0. The van der Waals surface area contributed by atoms with E-state index in [1.807, 2.05) is 24.3 Å². The van der Waals surface area contributed by atoms with Gasteiger partial charge in [0.25, 0.3) is 0 Å². The van der Waals surface area contributed by atoms with Crippen LogP contribution in [-0.4, -0.2) is 34.3 Å². The molecule has 64 heavy (non-hydrogen) atoms. The Morgan fingerprint density at radius 1 is 0.266 bits per heavy atom. The number of hydrogen-bond donors (Lipinski definition) is 4. The Labute approximate surface area is 371 Å². The zero-order valence-corrected chi connectivity index (χ0v) is 34.6. The fraction of sp³-hybridized carbons (Fsp3) is 0.0345. The van der Waals surface area contributed by atoms with E-state index in [2.05, 4.69) is 182 Å². The molecule has 0 bridgehead atoms. The van der Waals surface area contributed by atoms with Crippen molar-refractivity contribution in [2.24, 2.45) is 0 Å². The van der Waals surface area contributed by atoms with Crippen LogP contribution in [0.15, 0.2) is 206 Å². The molecule has 10 aromatic rings. The largest absolute Gasteiger partial charge is 0.488 e. The van der Waals surface area contributed by atoms with Gasteiger partial charge in [-0.2, -0.15) is 0 Å². The fourth-order valence-electron chi connectivity index (χ4n) is 12.0. The van der Waals surface area contributed by atoms with Gasteiger partial charge in [0.15, 0.2) is 0 Å². The summed E-state index contributed by atoms with van der Waals surface area (Å²) in [5.41, 5.74) is 16.7. The second kappa shape index (κ2) is 13.6. The first-order valence-electron chi connectivity index (χ1n) is 21.9. The molecule has 0 saturated heterocycles. The Hall–Kier alpha value is -7.31. The Kier molecular flexibility index (Phi) is 7.92. The van der Waals surface area contributed by atoms with Crippen molar-refractivity contribution in [3.8, 4) is 44.5 Å². The van der Waals surface area contributed by atoms with Crippen molar-refractivity contribution in [2.45, 2.75) is 10.8 Å². The highest BCUT2D eigenvalue weighted by Crippen LogP contribution is 2.64. The molecule has 0 saturated carbocycles. The summed E-state index contributed by atoms with van der Waals surface area (Å²) in [5.74, 6) is 0. The van der Waals surface area contributed by atoms with Gasteiger partial charge in [-0.25, -0.2) is 0 Å². The average molecular weight is 821 g/mol. The van der Waals surface area contributed by atoms with Crippen molar-refractivity contribution >= 4 is 46.7 Å². The van der Waals surface area contributed by atoms with Gasteiger partial charge >= 0.3 is 14.2 Å². The normalized spacial score (nSPS) is 14.2. The Morgan fingerprint density at radius 3 is 0.859 bits per heavy atom. The van der Waals surface area contributed by atoms with Crippen molar-refractivity contribution in [3.05, 3.63) is 251 Å². The van der Waals surface area contributed by atoms with E-state index < -0.39 is 25.1 Å². The molecular weight excluding hydrogens is 782 g/mol. The molecule has 0 aliphatic heterocycles. The number of benzene rings is 10. The van der Waals surface area contributed by atoms with Crippen LogP contribution in [0.2, 0.25) is 0 Å². The lowest BCUT2D eigenvalue weighted by atomic mass is 9.50. The summed E-state index contributed by atoms with van der Waals surface area (Å²) in [4.78, 5) is 0. The van der Waals surface area contributed by atoms with Gasteiger partial charge in [0.2, 0.25) is 0 Å². The van der Waals surface area contributed by atoms with Crippen molar-refractivity contribution in [1.82, 2.24) is 0 Å². The molecule has 0 atom stereocenters. The molecule has 3 aliphatic carbocycles. The number of fused-ring (bicyclic) bond motifs is 8. The van der Waals surface area contributed by atoms with Crippen LogP contribution < -0.4 is 10.9 Å². The topological polar surface area (TPSA) is 80.9 Å². The Morgan fingerprint density at radius 2 is 0.562 bits per heavy atom. The van der Waals surface area contributed by atoms with Gasteiger partial charge in [0, 0.05) is 0 Å². The zero-order valence-electron chi connectivity index (χ0n) is 34.6. The van der Waals surface area contributed by atoms with E-state index in [0.29, 0.717) is 10.9 Å². The minimum absolute atomic E-state index is 0.456. The van der Waals surface area contributed by atoms with Crippen molar-refractivity contribution in [1.29, 1.82) is 0 Å². The molecule has 13 rings (SSSR count). The third-order valence-electron chi connectivity index (χ3n) is 14.5. The molecule has 0 fully saturated rings. The predicted molar refractivity (Wildman–Crippen MR) is 260 cm³/mol. The quantitative estimate of drug-likeness (QED) is 0.126. The van der Waals surface area contributed by atoms with Crippen molar-refractivity contribution in [2.75, 3.05) is 0 Å². The second-order valence-corrected chi connectivity index (χ2v) is 17.5. The highest BCUT2D eigenvalue weighted by molar-refractivity contribution is 6.59. The highest BCUT2D eigenvalue weighted by Gasteiger charge is 2.55. The smallest absolute Gasteiger partial charge is 0.423 e. The molecule has 0 heterocycles. The summed E-state index contributed by atoms with van der Waals surface area (Å²) in [6.45, 7) is 0. The van der Waals surface area contributed by atoms with E-state index in [1.165, 1.54) is 0 Å². The first kappa shape index (κ1) is 37.3. The molecular formula is C58H38B2O4. The first-order chi connectivity index (χ1) is 31.4. The molecule has 4 nitrogen and oxygen atoms in total. The van der Waals surface area contributed by atoms with Gasteiger partial charge in [-0.15, -0.1) is 0 Å². The van der Waals surface area contributed by atoms with Crippen LogP contribution in [0, 0.1) is 0 Å². The molecule has 300 valence electrons. The van der Waals surface area contributed by atoms with Gasteiger partial charge in [0.05, 0.1) is 10.8 Å². The minimum Gasteiger partial charge on any atom is -0.423 e. The third-order valence-corrected chi connectivity index (χ3v) is 14.5. The summed E-state index contributed by atoms with van der Waals surface area (Å²) in [6.07, 6.45) is 0. The lowest BCUT2D eigenvalue weighted by Crippen LogP contribution is -2.45. The Balaban J connectivity index is 1.28. The molecule has 10 aromatic carbocycles. The lowest BCUT2D eigenvalue weighted by molar-refractivity contribution is 0.424. The van der Waals surface area contributed by atoms with Gasteiger partial charge in [0.1, 0.15) is 0 Å². The number of hydrogen-bond acceptors (Lipinski definition) is 4. The second-order valence-electron chi connectivity index (χ2n) is 17.5. The molecule has 6 heteroatoms. The van der Waals surface area contributed by atoms with Crippen LogP contribution in [0.5, 0.6) is 0 Å². The molecule has 0 spiro atoms. The van der Waals surface area contributed by atoms with Gasteiger partial charge in [-0.1, -0.05) is 182 Å². The van der Waals surface area contributed by atoms with Crippen LogP contribution in [0.25, 0.3) is 66.1 Å². The van der Waals surface area contributed by atoms with Crippen molar-refractivity contribution in [3.63, 3.8) is 0 Å². The van der Waals surface area contributed by atoms with Gasteiger partial charge in [-0.05, 0) is 146 Å². The van der Waals surface area contributed by atoms with E-state index in [1.54, 1.807) is 0 Å². The van der Waals surface area contributed by atoms with Gasteiger partial charge in [-0.3, -0.25) is 0 Å². The zero-order chi connectivity index (χ0) is 42.9. The summed E-state index contributed by atoms with van der Waals surface area (Å²) in [5, 5.41) is 46.7. The SMILES string of the molecule is OB(O)c1cc2c3c(cccc3c1)-c1cc3c(cc1-2)C(c1ccccc1)(c1ccccc1)c1cc2c(cc1C3(c1ccccc1)c1ccccc1)-c1cc(B(O)O)cc3cccc-2c13. The molecule has 3 aliphatic rings. The van der Waals surface area contributed by atoms with E-state index in [-0.39, 0.29) is 0 Å². The monoisotopic (exact) mass is 820 g/mol. The van der Waals surface area contributed by atoms with Crippen molar-refractivity contribution < 1.29 is 20.1 Å². The molecule has 0 amide bonds. The average Bonchev–Trinajstić information content (AvgIpc) is 3.83.